The zero-order chi connectivity index (χ0) is 17.0. The lowest BCUT2D eigenvalue weighted by Crippen LogP contribution is -2.40. The summed E-state index contributed by atoms with van der Waals surface area (Å²) in [5.74, 6) is -1.06. The van der Waals surface area contributed by atoms with E-state index in [1.165, 1.54) is 12.1 Å². The van der Waals surface area contributed by atoms with Crippen molar-refractivity contribution in [1.82, 2.24) is 5.32 Å². The minimum atomic E-state index is -0.536. The SMILES string of the molecule is CC(C)OC(=O)c1cc(NC(=O)[C@@H]2CCC(=O)NC2)ccc1Cl. The Bertz CT molecular complexity index is 621. The van der Waals surface area contributed by atoms with Gasteiger partial charge in [0, 0.05) is 18.7 Å². The maximum absolute atomic E-state index is 12.2. The monoisotopic (exact) mass is 338 g/mol. The van der Waals surface area contributed by atoms with Crippen LogP contribution in [0.25, 0.3) is 0 Å². The van der Waals surface area contributed by atoms with Crippen LogP contribution in [0.5, 0.6) is 0 Å². The number of anilines is 1. The van der Waals surface area contributed by atoms with Crippen molar-refractivity contribution < 1.29 is 19.1 Å². The minimum absolute atomic E-state index is 0.0424. The summed E-state index contributed by atoms with van der Waals surface area (Å²) in [6, 6.07) is 4.65. The number of hydrogen-bond donors (Lipinski definition) is 2. The number of hydrogen-bond acceptors (Lipinski definition) is 4. The second kappa shape index (κ2) is 7.46. The first-order valence-corrected chi connectivity index (χ1v) is 7.82. The van der Waals surface area contributed by atoms with Crippen LogP contribution in [0.3, 0.4) is 0 Å². The standard InChI is InChI=1S/C16H19ClN2O4/c1-9(2)23-16(22)12-7-11(4-5-13(12)17)19-15(21)10-3-6-14(20)18-8-10/h4-5,7,9-10H,3,6,8H2,1-2H3,(H,18,20)(H,19,21)/t10-/m1/s1. The van der Waals surface area contributed by atoms with Crippen molar-refractivity contribution in [2.24, 2.45) is 5.92 Å². The van der Waals surface area contributed by atoms with E-state index >= 15 is 0 Å². The summed E-state index contributed by atoms with van der Waals surface area (Å²) in [6.07, 6.45) is 0.584. The number of esters is 1. The summed E-state index contributed by atoms with van der Waals surface area (Å²) in [6.45, 7) is 3.81. The van der Waals surface area contributed by atoms with Gasteiger partial charge in [-0.1, -0.05) is 11.6 Å². The zero-order valence-corrected chi connectivity index (χ0v) is 13.8. The van der Waals surface area contributed by atoms with Crippen LogP contribution in [-0.2, 0) is 14.3 Å². The summed E-state index contributed by atoms with van der Waals surface area (Å²) in [5, 5.41) is 5.67. The van der Waals surface area contributed by atoms with Gasteiger partial charge in [-0.15, -0.1) is 0 Å². The van der Waals surface area contributed by atoms with E-state index in [0.717, 1.165) is 0 Å². The second-order valence-corrected chi connectivity index (χ2v) is 6.08. The van der Waals surface area contributed by atoms with Gasteiger partial charge in [-0.3, -0.25) is 9.59 Å². The molecule has 23 heavy (non-hydrogen) atoms. The van der Waals surface area contributed by atoms with E-state index in [2.05, 4.69) is 10.6 Å². The molecular weight excluding hydrogens is 320 g/mol. The number of amides is 2. The molecule has 1 aliphatic heterocycles. The van der Waals surface area contributed by atoms with Crippen molar-refractivity contribution in [3.8, 4) is 0 Å². The number of piperidine rings is 1. The summed E-state index contributed by atoms with van der Waals surface area (Å²) in [4.78, 5) is 35.3. The van der Waals surface area contributed by atoms with Gasteiger partial charge in [0.2, 0.25) is 11.8 Å². The number of nitrogens with one attached hydrogen (secondary N) is 2. The largest absolute Gasteiger partial charge is 0.459 e. The molecular formula is C16H19ClN2O4. The number of carbonyl (C=O) groups is 3. The molecule has 1 aromatic carbocycles. The number of halogens is 1. The molecule has 2 amide bonds. The Hall–Kier alpha value is -2.08. The Kier molecular flexibility index (Phi) is 5.60. The molecule has 1 aliphatic rings. The Morgan fingerprint density at radius 3 is 2.74 bits per heavy atom. The molecule has 7 heteroatoms. The molecule has 1 atom stereocenters. The van der Waals surface area contributed by atoms with Crippen LogP contribution in [0.1, 0.15) is 37.0 Å². The van der Waals surface area contributed by atoms with Gasteiger partial charge in [0.05, 0.1) is 22.6 Å². The minimum Gasteiger partial charge on any atom is -0.459 e. The first kappa shape index (κ1) is 17.3. The molecule has 0 aromatic heterocycles. The highest BCUT2D eigenvalue weighted by Crippen LogP contribution is 2.23. The first-order chi connectivity index (χ1) is 10.9. The van der Waals surface area contributed by atoms with Crippen molar-refractivity contribution >= 4 is 35.1 Å². The molecule has 0 bridgehead atoms. The normalized spacial score (nSPS) is 17.6. The average molecular weight is 339 g/mol. The van der Waals surface area contributed by atoms with Crippen LogP contribution in [0.15, 0.2) is 18.2 Å². The molecule has 0 unspecified atom stereocenters. The zero-order valence-electron chi connectivity index (χ0n) is 13.0. The molecule has 124 valence electrons. The Labute approximate surface area is 139 Å². The molecule has 0 radical (unpaired) electrons. The van der Waals surface area contributed by atoms with Gasteiger partial charge in [0.25, 0.3) is 0 Å². The third-order valence-corrected chi connectivity index (χ3v) is 3.76. The Morgan fingerprint density at radius 2 is 2.13 bits per heavy atom. The summed E-state index contributed by atoms with van der Waals surface area (Å²) in [5.41, 5.74) is 0.669. The van der Waals surface area contributed by atoms with Crippen LogP contribution >= 0.6 is 11.6 Å². The Balaban J connectivity index is 2.07. The van der Waals surface area contributed by atoms with Gasteiger partial charge >= 0.3 is 5.97 Å². The predicted molar refractivity (Wildman–Crippen MR) is 86.4 cm³/mol. The first-order valence-electron chi connectivity index (χ1n) is 7.45. The topological polar surface area (TPSA) is 84.5 Å². The van der Waals surface area contributed by atoms with E-state index in [9.17, 15) is 14.4 Å². The van der Waals surface area contributed by atoms with Gasteiger partial charge in [0.1, 0.15) is 0 Å². The fraction of sp³-hybridized carbons (Fsp3) is 0.438. The molecule has 1 aromatic rings. The highest BCUT2D eigenvalue weighted by atomic mass is 35.5. The van der Waals surface area contributed by atoms with Crippen molar-refractivity contribution in [2.75, 3.05) is 11.9 Å². The van der Waals surface area contributed by atoms with E-state index in [1.54, 1.807) is 19.9 Å². The van der Waals surface area contributed by atoms with E-state index in [1.807, 2.05) is 0 Å². The van der Waals surface area contributed by atoms with Gasteiger partial charge in [0.15, 0.2) is 0 Å². The third kappa shape index (κ3) is 4.69. The molecule has 0 aliphatic carbocycles. The van der Waals surface area contributed by atoms with Crippen LogP contribution in [0.2, 0.25) is 5.02 Å². The molecule has 1 saturated heterocycles. The van der Waals surface area contributed by atoms with Crippen LogP contribution in [0, 0.1) is 5.92 Å². The lowest BCUT2D eigenvalue weighted by Gasteiger charge is -2.21. The molecule has 6 nitrogen and oxygen atoms in total. The Morgan fingerprint density at radius 1 is 1.39 bits per heavy atom. The van der Waals surface area contributed by atoms with Gasteiger partial charge in [-0.25, -0.2) is 4.79 Å². The quantitative estimate of drug-likeness (QED) is 0.825. The number of rotatable bonds is 4. The fourth-order valence-electron chi connectivity index (χ4n) is 2.24. The van der Waals surface area contributed by atoms with Gasteiger partial charge < -0.3 is 15.4 Å². The molecule has 0 saturated carbocycles. The van der Waals surface area contributed by atoms with Crippen LogP contribution < -0.4 is 10.6 Å². The van der Waals surface area contributed by atoms with E-state index in [-0.39, 0.29) is 34.4 Å². The van der Waals surface area contributed by atoms with Crippen LogP contribution in [-0.4, -0.2) is 30.4 Å². The molecule has 2 rings (SSSR count). The number of carbonyl (C=O) groups excluding carboxylic acids is 3. The highest BCUT2D eigenvalue weighted by molar-refractivity contribution is 6.33. The summed E-state index contributed by atoms with van der Waals surface area (Å²) in [7, 11) is 0. The third-order valence-electron chi connectivity index (χ3n) is 3.43. The maximum atomic E-state index is 12.2. The number of benzene rings is 1. The van der Waals surface area contributed by atoms with Crippen molar-refractivity contribution in [3.63, 3.8) is 0 Å². The van der Waals surface area contributed by atoms with Crippen molar-refractivity contribution in [3.05, 3.63) is 28.8 Å². The molecule has 1 fully saturated rings. The molecule has 0 spiro atoms. The van der Waals surface area contributed by atoms with E-state index in [0.29, 0.717) is 25.1 Å². The summed E-state index contributed by atoms with van der Waals surface area (Å²) >= 11 is 6.01. The maximum Gasteiger partial charge on any atom is 0.339 e. The average Bonchev–Trinajstić information content (AvgIpc) is 2.49. The van der Waals surface area contributed by atoms with Gasteiger partial charge in [-0.2, -0.15) is 0 Å². The van der Waals surface area contributed by atoms with Gasteiger partial charge in [-0.05, 0) is 38.5 Å². The fourth-order valence-corrected chi connectivity index (χ4v) is 2.43. The lowest BCUT2D eigenvalue weighted by atomic mass is 9.98. The second-order valence-electron chi connectivity index (χ2n) is 5.68. The lowest BCUT2D eigenvalue weighted by molar-refractivity contribution is -0.126. The van der Waals surface area contributed by atoms with E-state index in [4.69, 9.17) is 16.3 Å². The highest BCUT2D eigenvalue weighted by Gasteiger charge is 2.25. The van der Waals surface area contributed by atoms with E-state index < -0.39 is 5.97 Å². The number of ether oxygens (including phenoxy) is 1. The van der Waals surface area contributed by atoms with Crippen molar-refractivity contribution in [2.45, 2.75) is 32.8 Å². The van der Waals surface area contributed by atoms with Crippen LogP contribution in [0.4, 0.5) is 5.69 Å². The molecule has 1 heterocycles. The molecule has 2 N–H and O–H groups in total. The smallest absolute Gasteiger partial charge is 0.339 e. The summed E-state index contributed by atoms with van der Waals surface area (Å²) < 4.78 is 5.12. The van der Waals surface area contributed by atoms with Crippen molar-refractivity contribution in [1.29, 1.82) is 0 Å². The predicted octanol–water partition coefficient (Wildman–Crippen LogP) is 2.37.